The Morgan fingerprint density at radius 1 is 1.08 bits per heavy atom. The van der Waals surface area contributed by atoms with Gasteiger partial charge < -0.3 is 20.1 Å². The quantitative estimate of drug-likeness (QED) is 0.333. The van der Waals surface area contributed by atoms with E-state index in [2.05, 4.69) is 32.1 Å². The highest BCUT2D eigenvalue weighted by atomic mass is 19.1. The van der Waals surface area contributed by atoms with Crippen molar-refractivity contribution in [1.29, 1.82) is 0 Å². The van der Waals surface area contributed by atoms with Crippen LogP contribution in [-0.2, 0) is 4.79 Å². The van der Waals surface area contributed by atoms with Crippen molar-refractivity contribution in [2.75, 3.05) is 54.9 Å². The van der Waals surface area contributed by atoms with Crippen molar-refractivity contribution in [2.45, 2.75) is 0 Å². The van der Waals surface area contributed by atoms with E-state index in [1.165, 1.54) is 24.4 Å². The lowest BCUT2D eigenvalue weighted by molar-refractivity contribution is -0.111. The van der Waals surface area contributed by atoms with Crippen LogP contribution >= 0.6 is 0 Å². The average Bonchev–Trinajstić information content (AvgIpc) is 2.95. The minimum absolute atomic E-state index is 0.115. The Kier molecular flexibility index (Phi) is 7.60. The summed E-state index contributed by atoms with van der Waals surface area (Å²) in [4.78, 5) is 37.1. The van der Waals surface area contributed by atoms with Crippen LogP contribution < -0.4 is 21.0 Å². The van der Waals surface area contributed by atoms with Crippen molar-refractivity contribution >= 4 is 40.0 Å². The largest absolute Gasteiger partial charge is 0.369 e. The van der Waals surface area contributed by atoms with Gasteiger partial charge in [-0.3, -0.25) is 14.5 Å². The smallest absolute Gasteiger partial charge is 0.247 e. The van der Waals surface area contributed by atoms with Crippen LogP contribution in [0.3, 0.4) is 0 Å². The molecule has 9 nitrogen and oxygen atoms in total. The van der Waals surface area contributed by atoms with Crippen molar-refractivity contribution in [2.24, 2.45) is 0 Å². The molecule has 0 unspecified atom stereocenters. The van der Waals surface area contributed by atoms with Gasteiger partial charge >= 0.3 is 0 Å². The number of alkyl halides is 1. The van der Waals surface area contributed by atoms with Crippen molar-refractivity contribution < 1.29 is 13.6 Å². The number of piperazine rings is 1. The Morgan fingerprint density at radius 3 is 2.64 bits per heavy atom. The molecular weight excluding hydrogens is 504 g/mol. The normalized spacial score (nSPS) is 13.8. The van der Waals surface area contributed by atoms with E-state index < -0.39 is 5.82 Å². The van der Waals surface area contributed by atoms with Gasteiger partial charge in [0, 0.05) is 68.2 Å². The molecule has 4 aromatic rings. The SMILES string of the molecule is C=CC(=O)Nc1cccc(-n2ccc(=O)c3cnc(Nc4ccc(N5CCN(CCF)CC5)cc4F)nc32)c1. The van der Waals surface area contributed by atoms with Crippen LogP contribution in [0.2, 0.25) is 0 Å². The molecule has 2 aromatic carbocycles. The second-order valence-corrected chi connectivity index (χ2v) is 9.03. The zero-order valence-corrected chi connectivity index (χ0v) is 21.1. The molecule has 0 atom stereocenters. The van der Waals surface area contributed by atoms with E-state index in [9.17, 15) is 14.0 Å². The summed E-state index contributed by atoms with van der Waals surface area (Å²) in [5, 5.41) is 5.90. The molecule has 0 aliphatic carbocycles. The van der Waals surface area contributed by atoms with E-state index in [0.717, 1.165) is 18.8 Å². The van der Waals surface area contributed by atoms with Crippen molar-refractivity contribution in [3.63, 3.8) is 0 Å². The summed E-state index contributed by atoms with van der Waals surface area (Å²) in [6.45, 7) is 6.33. The number of aromatic nitrogens is 3. The molecule has 1 amide bonds. The molecular formula is C28H27F2N7O2. The van der Waals surface area contributed by atoms with Gasteiger partial charge in [-0.05, 0) is 42.5 Å². The number of halogens is 2. The minimum Gasteiger partial charge on any atom is -0.369 e. The van der Waals surface area contributed by atoms with Crippen LogP contribution in [0.4, 0.5) is 31.8 Å². The molecule has 1 fully saturated rings. The van der Waals surface area contributed by atoms with E-state index in [1.807, 2.05) is 11.0 Å². The summed E-state index contributed by atoms with van der Waals surface area (Å²) >= 11 is 0. The lowest BCUT2D eigenvalue weighted by Gasteiger charge is -2.35. The fourth-order valence-corrected chi connectivity index (χ4v) is 4.50. The first kappa shape index (κ1) is 26.0. The summed E-state index contributed by atoms with van der Waals surface area (Å²) in [7, 11) is 0. The number of benzene rings is 2. The van der Waals surface area contributed by atoms with Gasteiger partial charge in [-0.2, -0.15) is 4.98 Å². The second-order valence-electron chi connectivity index (χ2n) is 9.03. The third kappa shape index (κ3) is 5.78. The molecule has 200 valence electrons. The van der Waals surface area contributed by atoms with Crippen molar-refractivity contribution in [3.8, 4) is 5.69 Å². The molecule has 1 saturated heterocycles. The number of carbonyl (C=O) groups is 1. The topological polar surface area (TPSA) is 95.4 Å². The average molecular weight is 532 g/mol. The summed E-state index contributed by atoms with van der Waals surface area (Å²) in [6.07, 6.45) is 4.15. The van der Waals surface area contributed by atoms with Gasteiger partial charge in [-0.15, -0.1) is 0 Å². The van der Waals surface area contributed by atoms with E-state index in [-0.39, 0.29) is 35.0 Å². The van der Waals surface area contributed by atoms with Gasteiger partial charge in [-0.25, -0.2) is 13.8 Å². The number of fused-ring (bicyclic) bond motifs is 1. The zero-order chi connectivity index (χ0) is 27.4. The highest BCUT2D eigenvalue weighted by molar-refractivity contribution is 5.99. The third-order valence-electron chi connectivity index (χ3n) is 6.55. The van der Waals surface area contributed by atoms with Gasteiger partial charge in [-0.1, -0.05) is 12.6 Å². The molecule has 0 bridgehead atoms. The number of pyridine rings is 1. The Balaban J connectivity index is 1.41. The van der Waals surface area contributed by atoms with Crippen LogP contribution in [0, 0.1) is 5.82 Å². The number of nitrogens with zero attached hydrogens (tertiary/aromatic N) is 5. The van der Waals surface area contributed by atoms with E-state index >= 15 is 4.39 Å². The van der Waals surface area contributed by atoms with Crippen LogP contribution in [0.25, 0.3) is 16.7 Å². The Hall–Kier alpha value is -4.64. The lowest BCUT2D eigenvalue weighted by atomic mass is 10.2. The molecule has 0 radical (unpaired) electrons. The standard InChI is InChI=1S/C28H27F2N7O2/c1-2-26(39)32-19-4-3-5-21(16-19)37-10-8-25(38)22-18-31-28(34-27(22)37)33-24-7-6-20(17-23(24)30)36-14-12-35(11-9-29)13-15-36/h2-8,10,16-18H,1,9,11-15H2,(H,32,39)(H,31,33,34). The second kappa shape index (κ2) is 11.4. The van der Waals surface area contributed by atoms with Crippen LogP contribution in [0.1, 0.15) is 0 Å². The fraction of sp³-hybridized carbons (Fsp3) is 0.214. The third-order valence-corrected chi connectivity index (χ3v) is 6.55. The maximum Gasteiger partial charge on any atom is 0.247 e. The van der Waals surface area contributed by atoms with Gasteiger partial charge in [0.2, 0.25) is 11.9 Å². The van der Waals surface area contributed by atoms with Crippen molar-refractivity contribution in [1.82, 2.24) is 19.4 Å². The molecule has 3 heterocycles. The molecule has 2 aromatic heterocycles. The summed E-state index contributed by atoms with van der Waals surface area (Å²) in [5.74, 6) is -0.708. The van der Waals surface area contributed by atoms with Gasteiger partial charge in [0.25, 0.3) is 0 Å². The zero-order valence-electron chi connectivity index (χ0n) is 21.1. The van der Waals surface area contributed by atoms with Crippen LogP contribution in [-0.4, -0.2) is 64.7 Å². The van der Waals surface area contributed by atoms with Crippen molar-refractivity contribution in [3.05, 3.63) is 89.6 Å². The summed E-state index contributed by atoms with van der Waals surface area (Å²) in [5.41, 5.74) is 2.18. The number of hydrogen-bond acceptors (Lipinski definition) is 7. The predicted octanol–water partition coefficient (Wildman–Crippen LogP) is 3.88. The first-order valence-corrected chi connectivity index (χ1v) is 12.5. The van der Waals surface area contributed by atoms with E-state index in [0.29, 0.717) is 36.7 Å². The van der Waals surface area contributed by atoms with Gasteiger partial charge in [0.1, 0.15) is 12.5 Å². The predicted molar refractivity (Wildman–Crippen MR) is 148 cm³/mol. The number of carbonyl (C=O) groups excluding carboxylic acids is 1. The molecule has 39 heavy (non-hydrogen) atoms. The number of amides is 1. The molecule has 11 heteroatoms. The Morgan fingerprint density at radius 2 is 1.90 bits per heavy atom. The monoisotopic (exact) mass is 531 g/mol. The summed E-state index contributed by atoms with van der Waals surface area (Å²) < 4.78 is 29.4. The molecule has 1 aliphatic heterocycles. The van der Waals surface area contributed by atoms with E-state index in [1.54, 1.807) is 41.1 Å². The number of nitrogens with one attached hydrogen (secondary N) is 2. The maximum absolute atomic E-state index is 15.1. The number of rotatable bonds is 8. The van der Waals surface area contributed by atoms with Gasteiger partial charge in [0.05, 0.1) is 11.1 Å². The Labute approximate surface area is 223 Å². The molecule has 0 spiro atoms. The minimum atomic E-state index is -0.474. The highest BCUT2D eigenvalue weighted by Crippen LogP contribution is 2.26. The van der Waals surface area contributed by atoms with Crippen LogP contribution in [0.15, 0.2) is 78.4 Å². The molecule has 0 saturated carbocycles. The first-order chi connectivity index (χ1) is 18.9. The molecule has 1 aliphatic rings. The molecule has 2 N–H and O–H groups in total. The fourth-order valence-electron chi connectivity index (χ4n) is 4.50. The van der Waals surface area contributed by atoms with E-state index in [4.69, 9.17) is 0 Å². The number of hydrogen-bond donors (Lipinski definition) is 2. The lowest BCUT2D eigenvalue weighted by Crippen LogP contribution is -2.47. The maximum atomic E-state index is 15.1. The first-order valence-electron chi connectivity index (χ1n) is 12.5. The number of anilines is 4. The van der Waals surface area contributed by atoms with Crippen LogP contribution in [0.5, 0.6) is 0 Å². The van der Waals surface area contributed by atoms with Gasteiger partial charge in [0.15, 0.2) is 11.1 Å². The highest BCUT2D eigenvalue weighted by Gasteiger charge is 2.18. The molecule has 5 rings (SSSR count). The summed E-state index contributed by atoms with van der Waals surface area (Å²) in [6, 6.07) is 13.3. The Bertz CT molecular complexity index is 1580.